The molecule has 2 bridgehead atoms. The van der Waals surface area contributed by atoms with Crippen molar-refractivity contribution < 1.29 is 17.6 Å². The maximum atomic E-state index is 14.0. The second kappa shape index (κ2) is 8.07. The SMILES string of the molecule is O=C(CCc1c(F)cccc1Cl)N1C2CCC1CC(S(=O)(=O)c1ccccc1)C2. The maximum absolute atomic E-state index is 14.0. The molecule has 2 aromatic rings. The van der Waals surface area contributed by atoms with Gasteiger partial charge in [0.25, 0.3) is 0 Å². The van der Waals surface area contributed by atoms with E-state index in [-0.39, 0.29) is 30.8 Å². The van der Waals surface area contributed by atoms with Gasteiger partial charge in [-0.1, -0.05) is 35.9 Å². The molecule has 0 radical (unpaired) electrons. The van der Waals surface area contributed by atoms with Gasteiger partial charge in [0, 0.05) is 29.1 Å². The number of fused-ring (bicyclic) bond motifs is 2. The van der Waals surface area contributed by atoms with Gasteiger partial charge in [-0.2, -0.15) is 0 Å². The number of halogens is 2. The van der Waals surface area contributed by atoms with Crippen LogP contribution >= 0.6 is 11.6 Å². The summed E-state index contributed by atoms with van der Waals surface area (Å²) in [5.41, 5.74) is 0.358. The maximum Gasteiger partial charge on any atom is 0.223 e. The molecule has 1 amide bonds. The van der Waals surface area contributed by atoms with Crippen LogP contribution in [-0.4, -0.2) is 36.6 Å². The number of rotatable bonds is 5. The Morgan fingerprint density at radius 2 is 1.69 bits per heavy atom. The molecule has 2 heterocycles. The van der Waals surface area contributed by atoms with Gasteiger partial charge < -0.3 is 4.90 Å². The number of carbonyl (C=O) groups excluding carboxylic acids is 1. The van der Waals surface area contributed by atoms with E-state index in [2.05, 4.69) is 0 Å². The van der Waals surface area contributed by atoms with Crippen LogP contribution in [0.15, 0.2) is 53.4 Å². The fraction of sp³-hybridized carbons (Fsp3) is 0.409. The minimum absolute atomic E-state index is 0.0487. The van der Waals surface area contributed by atoms with Crippen LogP contribution in [-0.2, 0) is 21.1 Å². The summed E-state index contributed by atoms with van der Waals surface area (Å²) in [6, 6.07) is 12.9. The van der Waals surface area contributed by atoms with Crippen molar-refractivity contribution in [3.63, 3.8) is 0 Å². The Labute approximate surface area is 175 Å². The fourth-order valence-corrected chi connectivity index (χ4v) is 6.85. The van der Waals surface area contributed by atoms with Gasteiger partial charge in [-0.15, -0.1) is 0 Å². The van der Waals surface area contributed by atoms with E-state index in [1.165, 1.54) is 6.07 Å². The lowest BCUT2D eigenvalue weighted by Gasteiger charge is -2.38. The molecular weight excluding hydrogens is 413 g/mol. The van der Waals surface area contributed by atoms with Crippen molar-refractivity contribution >= 4 is 27.3 Å². The van der Waals surface area contributed by atoms with E-state index in [0.29, 0.717) is 28.3 Å². The topological polar surface area (TPSA) is 54.5 Å². The molecule has 2 fully saturated rings. The minimum atomic E-state index is -3.41. The first-order valence-corrected chi connectivity index (χ1v) is 11.8. The van der Waals surface area contributed by atoms with E-state index in [0.717, 1.165) is 12.8 Å². The van der Waals surface area contributed by atoms with Crippen LogP contribution in [0.5, 0.6) is 0 Å². The molecule has 0 N–H and O–H groups in total. The van der Waals surface area contributed by atoms with E-state index in [1.54, 1.807) is 42.5 Å². The van der Waals surface area contributed by atoms with Gasteiger partial charge in [-0.25, -0.2) is 12.8 Å². The average Bonchev–Trinajstić information content (AvgIpc) is 2.97. The number of hydrogen-bond donors (Lipinski definition) is 0. The molecule has 154 valence electrons. The highest BCUT2D eigenvalue weighted by Gasteiger charge is 2.46. The number of amides is 1. The smallest absolute Gasteiger partial charge is 0.223 e. The number of carbonyl (C=O) groups is 1. The normalized spacial score (nSPS) is 23.9. The third kappa shape index (κ3) is 3.92. The summed E-state index contributed by atoms with van der Waals surface area (Å²) in [5.74, 6) is -0.451. The molecule has 2 saturated heterocycles. The van der Waals surface area contributed by atoms with Gasteiger partial charge in [0.05, 0.1) is 10.1 Å². The first kappa shape index (κ1) is 20.4. The number of benzene rings is 2. The molecule has 2 atom stereocenters. The summed E-state index contributed by atoms with van der Waals surface area (Å²) in [5, 5.41) is -0.138. The zero-order chi connectivity index (χ0) is 20.6. The van der Waals surface area contributed by atoms with E-state index in [9.17, 15) is 17.6 Å². The Bertz CT molecular complexity index is 978. The summed E-state index contributed by atoms with van der Waals surface area (Å²) in [7, 11) is -3.41. The van der Waals surface area contributed by atoms with Crippen LogP contribution in [0.4, 0.5) is 4.39 Å². The molecule has 0 saturated carbocycles. The van der Waals surface area contributed by atoms with Gasteiger partial charge in [-0.3, -0.25) is 4.79 Å². The highest BCUT2D eigenvalue weighted by molar-refractivity contribution is 7.92. The fourth-order valence-electron chi connectivity index (χ4n) is 4.72. The minimum Gasteiger partial charge on any atom is -0.337 e. The summed E-state index contributed by atoms with van der Waals surface area (Å²) in [6.45, 7) is 0. The van der Waals surface area contributed by atoms with Crippen LogP contribution in [0.3, 0.4) is 0 Å². The number of sulfone groups is 1. The number of hydrogen-bond acceptors (Lipinski definition) is 3. The van der Waals surface area contributed by atoms with Crippen molar-refractivity contribution in [2.75, 3.05) is 0 Å². The third-order valence-electron chi connectivity index (χ3n) is 6.14. The first-order valence-electron chi connectivity index (χ1n) is 9.91. The standard InChI is InChI=1S/C22H23ClFNO3S/c23-20-7-4-8-21(24)19(20)11-12-22(26)25-15-9-10-16(25)14-18(13-15)29(27,28)17-5-2-1-3-6-17/h1-8,15-16,18H,9-14H2. The summed E-state index contributed by atoms with van der Waals surface area (Å²) < 4.78 is 40.0. The average molecular weight is 436 g/mol. The lowest BCUT2D eigenvalue weighted by molar-refractivity contribution is -0.135. The zero-order valence-corrected chi connectivity index (χ0v) is 17.5. The van der Waals surface area contributed by atoms with Crippen LogP contribution in [0, 0.1) is 5.82 Å². The molecule has 4 nitrogen and oxygen atoms in total. The van der Waals surface area contributed by atoms with Crippen molar-refractivity contribution in [1.82, 2.24) is 4.90 Å². The molecular formula is C22H23ClFNO3S. The lowest BCUT2D eigenvalue weighted by atomic mass is 10.0. The molecule has 2 unspecified atom stereocenters. The Balaban J connectivity index is 1.45. The highest BCUT2D eigenvalue weighted by atomic mass is 35.5. The molecule has 7 heteroatoms. The molecule has 2 aliphatic rings. The van der Waals surface area contributed by atoms with Crippen LogP contribution < -0.4 is 0 Å². The predicted octanol–water partition coefficient (Wildman–Crippen LogP) is 4.41. The molecule has 29 heavy (non-hydrogen) atoms. The largest absolute Gasteiger partial charge is 0.337 e. The van der Waals surface area contributed by atoms with Crippen molar-refractivity contribution in [3.05, 3.63) is 64.9 Å². The second-order valence-electron chi connectivity index (χ2n) is 7.84. The Kier molecular flexibility index (Phi) is 5.67. The quantitative estimate of drug-likeness (QED) is 0.699. The number of piperidine rings is 1. The van der Waals surface area contributed by atoms with Gasteiger partial charge in [0.1, 0.15) is 5.82 Å². The van der Waals surface area contributed by atoms with Crippen LogP contribution in [0.1, 0.15) is 37.7 Å². The molecule has 0 aromatic heterocycles. The van der Waals surface area contributed by atoms with Crippen molar-refractivity contribution in [3.8, 4) is 0 Å². The van der Waals surface area contributed by atoms with E-state index < -0.39 is 20.9 Å². The summed E-state index contributed by atoms with van der Waals surface area (Å²) in [4.78, 5) is 15.1. The summed E-state index contributed by atoms with van der Waals surface area (Å²) >= 11 is 6.06. The van der Waals surface area contributed by atoms with E-state index in [1.807, 2.05) is 4.90 Å². The Morgan fingerprint density at radius 1 is 1.03 bits per heavy atom. The second-order valence-corrected chi connectivity index (χ2v) is 10.5. The van der Waals surface area contributed by atoms with Gasteiger partial charge in [0.2, 0.25) is 5.91 Å². The van der Waals surface area contributed by atoms with Gasteiger partial charge in [-0.05, 0) is 56.4 Å². The van der Waals surface area contributed by atoms with Gasteiger partial charge >= 0.3 is 0 Å². The molecule has 4 rings (SSSR count). The predicted molar refractivity (Wildman–Crippen MR) is 110 cm³/mol. The van der Waals surface area contributed by atoms with Gasteiger partial charge in [0.15, 0.2) is 9.84 Å². The van der Waals surface area contributed by atoms with Crippen molar-refractivity contribution in [1.29, 1.82) is 0 Å². The number of nitrogens with zero attached hydrogens (tertiary/aromatic N) is 1. The van der Waals surface area contributed by atoms with Crippen LogP contribution in [0.2, 0.25) is 5.02 Å². The first-order chi connectivity index (χ1) is 13.9. The Hall–Kier alpha value is -1.92. The third-order valence-corrected chi connectivity index (χ3v) is 8.68. The van der Waals surface area contributed by atoms with Crippen molar-refractivity contribution in [2.45, 2.75) is 60.8 Å². The molecule has 2 aliphatic heterocycles. The summed E-state index contributed by atoms with van der Waals surface area (Å²) in [6.07, 6.45) is 2.96. The lowest BCUT2D eigenvalue weighted by Crippen LogP contribution is -2.49. The van der Waals surface area contributed by atoms with Crippen molar-refractivity contribution in [2.24, 2.45) is 0 Å². The molecule has 0 aliphatic carbocycles. The Morgan fingerprint density at radius 3 is 2.31 bits per heavy atom. The van der Waals surface area contributed by atoms with E-state index >= 15 is 0 Å². The zero-order valence-electron chi connectivity index (χ0n) is 15.9. The monoisotopic (exact) mass is 435 g/mol. The van der Waals surface area contributed by atoms with Crippen LogP contribution in [0.25, 0.3) is 0 Å². The van der Waals surface area contributed by atoms with E-state index in [4.69, 9.17) is 11.6 Å². The molecule has 0 spiro atoms. The molecule has 2 aromatic carbocycles. The highest BCUT2D eigenvalue weighted by Crippen LogP contribution is 2.40.